The number of ether oxygens (including phenoxy) is 1. The van der Waals surface area contributed by atoms with E-state index in [1.165, 1.54) is 0 Å². The monoisotopic (exact) mass is 558 g/mol. The molecule has 212 valence electrons. The van der Waals surface area contributed by atoms with Gasteiger partial charge in [0.25, 0.3) is 5.91 Å². The Morgan fingerprint density at radius 3 is 2.73 bits per heavy atom. The molecule has 2 aliphatic heterocycles. The molecular weight excluding hydrogens is 527 g/mol. The van der Waals surface area contributed by atoms with E-state index in [-0.39, 0.29) is 48.5 Å². The second-order valence-corrected chi connectivity index (χ2v) is 10.5. The number of H-pyrrole nitrogens is 1. The van der Waals surface area contributed by atoms with Crippen molar-refractivity contribution < 1.29 is 23.8 Å². The predicted molar refractivity (Wildman–Crippen MR) is 151 cm³/mol. The van der Waals surface area contributed by atoms with Gasteiger partial charge in [-0.15, -0.1) is 5.10 Å². The summed E-state index contributed by atoms with van der Waals surface area (Å²) in [4.78, 5) is 32.6. The third kappa shape index (κ3) is 5.08. The zero-order valence-corrected chi connectivity index (χ0v) is 22.7. The third-order valence-electron chi connectivity index (χ3n) is 7.86. The SMILES string of the molecule is COc1ccccc1-c1cc(C2=CCCN(C(=O)CCn3ccnn3)C2)c(F)c2[nH]c(C(=O)N3CC(CO)C3)cc12. The number of hydrogen-bond acceptors (Lipinski definition) is 6. The Bertz CT molecular complexity index is 1620. The van der Waals surface area contributed by atoms with Gasteiger partial charge in [0, 0.05) is 67.8 Å². The van der Waals surface area contributed by atoms with Crippen molar-refractivity contribution in [1.29, 1.82) is 0 Å². The van der Waals surface area contributed by atoms with Crippen LogP contribution in [0.1, 0.15) is 28.9 Å². The lowest BCUT2D eigenvalue weighted by Crippen LogP contribution is -2.51. The highest BCUT2D eigenvalue weighted by Crippen LogP contribution is 2.40. The van der Waals surface area contributed by atoms with Gasteiger partial charge >= 0.3 is 0 Å². The van der Waals surface area contributed by atoms with E-state index < -0.39 is 5.82 Å². The van der Waals surface area contributed by atoms with E-state index in [2.05, 4.69) is 15.3 Å². The largest absolute Gasteiger partial charge is 0.496 e. The average molecular weight is 559 g/mol. The Hall–Kier alpha value is -4.51. The molecule has 2 aliphatic rings. The molecule has 1 fully saturated rings. The van der Waals surface area contributed by atoms with Crippen LogP contribution in [0.5, 0.6) is 5.75 Å². The number of nitrogens with one attached hydrogen (secondary N) is 1. The number of benzene rings is 2. The molecule has 0 atom stereocenters. The summed E-state index contributed by atoms with van der Waals surface area (Å²) in [6.07, 6.45) is 6.11. The van der Waals surface area contributed by atoms with Crippen LogP contribution in [0.3, 0.4) is 0 Å². The van der Waals surface area contributed by atoms with E-state index in [1.54, 1.807) is 46.1 Å². The predicted octanol–water partition coefficient (Wildman–Crippen LogP) is 3.34. The molecule has 4 aromatic rings. The van der Waals surface area contributed by atoms with Crippen molar-refractivity contribution in [3.63, 3.8) is 0 Å². The normalized spacial score (nSPS) is 15.6. The third-order valence-corrected chi connectivity index (χ3v) is 7.86. The summed E-state index contributed by atoms with van der Waals surface area (Å²) in [7, 11) is 1.58. The molecule has 10 nitrogen and oxygen atoms in total. The zero-order valence-electron chi connectivity index (χ0n) is 22.7. The van der Waals surface area contributed by atoms with Crippen molar-refractivity contribution in [2.24, 2.45) is 5.92 Å². The van der Waals surface area contributed by atoms with Gasteiger partial charge in [-0.05, 0) is 35.8 Å². The smallest absolute Gasteiger partial charge is 0.270 e. The number of halogens is 1. The maximum atomic E-state index is 16.3. The quantitative estimate of drug-likeness (QED) is 0.343. The van der Waals surface area contributed by atoms with E-state index >= 15 is 4.39 Å². The fourth-order valence-electron chi connectivity index (χ4n) is 5.59. The highest BCUT2D eigenvalue weighted by molar-refractivity contribution is 6.05. The molecule has 2 N–H and O–H groups in total. The number of hydrogen-bond donors (Lipinski definition) is 2. The fourth-order valence-corrected chi connectivity index (χ4v) is 5.59. The number of para-hydroxylation sites is 1. The molecule has 2 aromatic carbocycles. The number of aliphatic hydroxyl groups is 1. The van der Waals surface area contributed by atoms with Crippen LogP contribution in [0.4, 0.5) is 4.39 Å². The molecule has 0 bridgehead atoms. The van der Waals surface area contributed by atoms with Crippen LogP contribution in [0.25, 0.3) is 27.6 Å². The highest BCUT2D eigenvalue weighted by Gasteiger charge is 2.32. The second-order valence-electron chi connectivity index (χ2n) is 10.5. The molecule has 0 radical (unpaired) electrons. The van der Waals surface area contributed by atoms with Crippen molar-refractivity contribution in [2.75, 3.05) is 39.9 Å². The van der Waals surface area contributed by atoms with Gasteiger partial charge in [0.15, 0.2) is 5.82 Å². The van der Waals surface area contributed by atoms with Crippen molar-refractivity contribution in [3.05, 3.63) is 71.9 Å². The van der Waals surface area contributed by atoms with Crippen LogP contribution in [0.15, 0.2) is 54.9 Å². The van der Waals surface area contributed by atoms with Crippen molar-refractivity contribution >= 4 is 28.3 Å². The van der Waals surface area contributed by atoms with E-state index in [0.717, 1.165) is 11.1 Å². The number of carbonyl (C=O) groups is 2. The minimum Gasteiger partial charge on any atom is -0.496 e. The number of fused-ring (bicyclic) bond motifs is 1. The van der Waals surface area contributed by atoms with Crippen molar-refractivity contribution in [1.82, 2.24) is 29.8 Å². The number of aryl methyl sites for hydroxylation is 1. The van der Waals surface area contributed by atoms with Crippen molar-refractivity contribution in [3.8, 4) is 16.9 Å². The maximum absolute atomic E-state index is 16.3. The van der Waals surface area contributed by atoms with Crippen molar-refractivity contribution in [2.45, 2.75) is 19.4 Å². The number of methoxy groups -OCH3 is 1. The molecule has 11 heteroatoms. The summed E-state index contributed by atoms with van der Waals surface area (Å²) in [5.41, 5.74) is 3.07. The number of amides is 2. The van der Waals surface area contributed by atoms with Crippen LogP contribution < -0.4 is 4.74 Å². The lowest BCUT2D eigenvalue weighted by atomic mass is 9.92. The lowest BCUT2D eigenvalue weighted by Gasteiger charge is -2.37. The number of aliphatic hydroxyl groups excluding tert-OH is 1. The Balaban J connectivity index is 1.37. The van der Waals surface area contributed by atoms with Gasteiger partial charge in [-0.3, -0.25) is 14.3 Å². The van der Waals surface area contributed by atoms with E-state index in [1.807, 2.05) is 30.3 Å². The molecule has 0 aliphatic carbocycles. The van der Waals surface area contributed by atoms with Gasteiger partial charge in [0.05, 0.1) is 25.4 Å². The Morgan fingerprint density at radius 2 is 1.98 bits per heavy atom. The summed E-state index contributed by atoms with van der Waals surface area (Å²) in [5, 5.41) is 17.6. The summed E-state index contributed by atoms with van der Waals surface area (Å²) in [6.45, 7) is 2.20. The first-order valence-electron chi connectivity index (χ1n) is 13.7. The Morgan fingerprint density at radius 1 is 1.15 bits per heavy atom. The molecule has 1 saturated heterocycles. The summed E-state index contributed by atoms with van der Waals surface area (Å²) in [6, 6.07) is 11.0. The number of nitrogens with zero attached hydrogens (tertiary/aromatic N) is 5. The topological polar surface area (TPSA) is 117 Å². The number of aromatic amines is 1. The fraction of sp³-hybridized carbons (Fsp3) is 0.333. The standard InChI is InChI=1S/C30H31FN6O4/c1-41-26-7-3-2-6-21(26)23-13-22(20-5-4-10-35(17-20)27(39)8-11-37-12-9-32-34-37)28(31)29-24(23)14-25(33-29)30(40)36-15-19(16-36)18-38/h2-3,5-7,9,12-14,19,33,38H,4,8,10-11,15-18H2,1H3. The van der Waals surface area contributed by atoms with Crippen LogP contribution in [0, 0.1) is 11.7 Å². The van der Waals surface area contributed by atoms with Gasteiger partial charge in [0.2, 0.25) is 5.91 Å². The first kappa shape index (κ1) is 26.7. The molecule has 0 unspecified atom stereocenters. The summed E-state index contributed by atoms with van der Waals surface area (Å²) in [5.74, 6) is -0.0648. The van der Waals surface area contributed by atoms with E-state index in [9.17, 15) is 14.7 Å². The van der Waals surface area contributed by atoms with Crippen LogP contribution in [0.2, 0.25) is 0 Å². The lowest BCUT2D eigenvalue weighted by molar-refractivity contribution is -0.131. The minimum absolute atomic E-state index is 0.0293. The minimum atomic E-state index is -0.474. The van der Waals surface area contributed by atoms with Gasteiger partial charge in [-0.25, -0.2) is 4.39 Å². The second kappa shape index (κ2) is 11.2. The molecule has 0 saturated carbocycles. The van der Waals surface area contributed by atoms with Gasteiger partial charge < -0.3 is 24.6 Å². The molecule has 4 heterocycles. The van der Waals surface area contributed by atoms with E-state index in [0.29, 0.717) is 54.9 Å². The Labute approximate surface area is 236 Å². The first-order valence-corrected chi connectivity index (χ1v) is 13.7. The molecule has 41 heavy (non-hydrogen) atoms. The Kier molecular flexibility index (Phi) is 7.27. The number of likely N-dealkylation sites (tertiary alicyclic amines) is 1. The van der Waals surface area contributed by atoms with Gasteiger partial charge in [-0.1, -0.05) is 29.5 Å². The van der Waals surface area contributed by atoms with Crippen LogP contribution in [-0.4, -0.2) is 86.6 Å². The number of carbonyl (C=O) groups excluding carboxylic acids is 2. The number of aromatic nitrogens is 4. The molecule has 2 amide bonds. The maximum Gasteiger partial charge on any atom is 0.270 e. The molecule has 6 rings (SSSR count). The van der Waals surface area contributed by atoms with Crippen LogP contribution in [-0.2, 0) is 11.3 Å². The summed E-state index contributed by atoms with van der Waals surface area (Å²) < 4.78 is 23.5. The molecule has 2 aromatic heterocycles. The number of rotatable bonds is 8. The first-order chi connectivity index (χ1) is 20.0. The summed E-state index contributed by atoms with van der Waals surface area (Å²) >= 11 is 0. The van der Waals surface area contributed by atoms with E-state index in [4.69, 9.17) is 4.74 Å². The van der Waals surface area contributed by atoms with Gasteiger partial charge in [-0.2, -0.15) is 0 Å². The van der Waals surface area contributed by atoms with Gasteiger partial charge in [0.1, 0.15) is 11.4 Å². The molecular formula is C30H31FN6O4. The average Bonchev–Trinajstić information content (AvgIpc) is 3.67. The highest BCUT2D eigenvalue weighted by atomic mass is 19.1. The van der Waals surface area contributed by atoms with Crippen LogP contribution >= 0.6 is 0 Å². The molecule has 0 spiro atoms. The zero-order chi connectivity index (χ0) is 28.5.